The van der Waals surface area contributed by atoms with E-state index in [0.717, 1.165) is 5.56 Å². The van der Waals surface area contributed by atoms with Crippen molar-refractivity contribution in [2.45, 2.75) is 25.7 Å². The third-order valence-corrected chi connectivity index (χ3v) is 5.65. The van der Waals surface area contributed by atoms with Gasteiger partial charge in [0.15, 0.2) is 11.5 Å². The van der Waals surface area contributed by atoms with Gasteiger partial charge >= 0.3 is 0 Å². The van der Waals surface area contributed by atoms with E-state index in [1.165, 1.54) is 0 Å². The summed E-state index contributed by atoms with van der Waals surface area (Å²) in [7, 11) is 0. The molecule has 0 saturated carbocycles. The largest absolute Gasteiger partial charge is 0.454 e. The highest BCUT2D eigenvalue weighted by Gasteiger charge is 2.27. The predicted octanol–water partition coefficient (Wildman–Crippen LogP) is 3.88. The smallest absolute Gasteiger partial charge is 0.231 e. The molecular formula is C22H23ClN2O4. The van der Waals surface area contributed by atoms with Crippen LogP contribution in [0.1, 0.15) is 24.8 Å². The minimum absolute atomic E-state index is 0.0165. The molecule has 0 spiro atoms. The molecule has 2 aliphatic rings. The number of aryl methyl sites for hydroxylation is 1. The molecule has 29 heavy (non-hydrogen) atoms. The Balaban J connectivity index is 1.23. The molecule has 0 aromatic heterocycles. The van der Waals surface area contributed by atoms with E-state index >= 15 is 0 Å². The second-order valence-corrected chi connectivity index (χ2v) is 7.78. The highest BCUT2D eigenvalue weighted by Crippen LogP contribution is 2.34. The van der Waals surface area contributed by atoms with Gasteiger partial charge < -0.3 is 19.7 Å². The normalized spacial score (nSPS) is 16.0. The van der Waals surface area contributed by atoms with Gasteiger partial charge in [0.25, 0.3) is 0 Å². The zero-order chi connectivity index (χ0) is 20.2. The summed E-state index contributed by atoms with van der Waals surface area (Å²) in [5, 5.41) is 3.64. The van der Waals surface area contributed by atoms with Crippen LogP contribution in [-0.4, -0.2) is 36.6 Å². The Labute approximate surface area is 174 Å². The first-order chi connectivity index (χ1) is 14.1. The molecule has 2 amide bonds. The number of halogens is 1. The fourth-order valence-electron chi connectivity index (χ4n) is 3.67. The van der Waals surface area contributed by atoms with E-state index in [4.69, 9.17) is 21.1 Å². The molecule has 7 heteroatoms. The Morgan fingerprint density at radius 2 is 1.76 bits per heavy atom. The number of nitrogens with one attached hydrogen (secondary N) is 1. The lowest BCUT2D eigenvalue weighted by molar-refractivity contribution is -0.134. The Kier molecular flexibility index (Phi) is 5.90. The lowest BCUT2D eigenvalue weighted by atomic mass is 9.95. The first-order valence-corrected chi connectivity index (χ1v) is 10.2. The van der Waals surface area contributed by atoms with Crippen molar-refractivity contribution in [3.63, 3.8) is 0 Å². The molecule has 0 bridgehead atoms. The SMILES string of the molecule is O=C(Nc1ccc2c(c1)OCO2)C1CCN(C(=O)CCc2ccc(Cl)cc2)CC1. The van der Waals surface area contributed by atoms with Crippen LogP contribution >= 0.6 is 11.6 Å². The summed E-state index contributed by atoms with van der Waals surface area (Å²) in [6.07, 6.45) is 2.50. The van der Waals surface area contributed by atoms with Gasteiger partial charge in [0.2, 0.25) is 18.6 Å². The third-order valence-electron chi connectivity index (χ3n) is 5.40. The van der Waals surface area contributed by atoms with Gasteiger partial charge in [-0.2, -0.15) is 0 Å². The molecule has 2 aliphatic heterocycles. The Hall–Kier alpha value is -2.73. The maximum absolute atomic E-state index is 12.6. The molecule has 2 aromatic carbocycles. The number of hydrogen-bond acceptors (Lipinski definition) is 4. The number of nitrogens with zero attached hydrogens (tertiary/aromatic N) is 1. The van der Waals surface area contributed by atoms with Crippen molar-refractivity contribution in [3.8, 4) is 11.5 Å². The van der Waals surface area contributed by atoms with Crippen LogP contribution in [0.4, 0.5) is 5.69 Å². The molecule has 1 saturated heterocycles. The summed E-state index contributed by atoms with van der Waals surface area (Å²) in [4.78, 5) is 26.9. The monoisotopic (exact) mass is 414 g/mol. The van der Waals surface area contributed by atoms with E-state index in [2.05, 4.69) is 5.32 Å². The number of piperidine rings is 1. The molecular weight excluding hydrogens is 392 g/mol. The molecule has 0 aliphatic carbocycles. The lowest BCUT2D eigenvalue weighted by Gasteiger charge is -2.31. The number of carbonyl (C=O) groups is 2. The highest BCUT2D eigenvalue weighted by atomic mass is 35.5. The number of likely N-dealkylation sites (tertiary alicyclic amines) is 1. The first kappa shape index (κ1) is 19.6. The standard InChI is InChI=1S/C22H23ClN2O4/c23-17-4-1-15(2-5-17)3-8-21(26)25-11-9-16(10-12-25)22(27)24-18-6-7-19-20(13-18)29-14-28-19/h1-2,4-7,13,16H,3,8-12,14H2,(H,24,27). The van der Waals surface area contributed by atoms with Crippen LogP contribution in [0.5, 0.6) is 11.5 Å². The van der Waals surface area contributed by atoms with Crippen molar-refractivity contribution in [1.29, 1.82) is 0 Å². The summed E-state index contributed by atoms with van der Waals surface area (Å²) < 4.78 is 10.6. The quantitative estimate of drug-likeness (QED) is 0.806. The van der Waals surface area contributed by atoms with Crippen LogP contribution in [0.25, 0.3) is 0 Å². The number of carbonyl (C=O) groups excluding carboxylic acids is 2. The van der Waals surface area contributed by atoms with E-state index < -0.39 is 0 Å². The van der Waals surface area contributed by atoms with E-state index in [-0.39, 0.29) is 24.5 Å². The average Bonchev–Trinajstić information content (AvgIpc) is 3.21. The summed E-state index contributed by atoms with van der Waals surface area (Å²) in [5.41, 5.74) is 1.79. The van der Waals surface area contributed by atoms with E-state index in [0.29, 0.717) is 61.0 Å². The van der Waals surface area contributed by atoms with Crippen molar-refractivity contribution in [2.24, 2.45) is 5.92 Å². The number of anilines is 1. The van der Waals surface area contributed by atoms with Crippen LogP contribution in [0.2, 0.25) is 5.02 Å². The number of rotatable bonds is 5. The maximum Gasteiger partial charge on any atom is 0.231 e. The van der Waals surface area contributed by atoms with Crippen LogP contribution in [-0.2, 0) is 16.0 Å². The summed E-state index contributed by atoms with van der Waals surface area (Å²) in [6, 6.07) is 12.9. The van der Waals surface area contributed by atoms with Gasteiger partial charge in [-0.15, -0.1) is 0 Å². The molecule has 2 heterocycles. The maximum atomic E-state index is 12.6. The minimum Gasteiger partial charge on any atom is -0.454 e. The fourth-order valence-corrected chi connectivity index (χ4v) is 3.80. The van der Waals surface area contributed by atoms with E-state index in [9.17, 15) is 9.59 Å². The summed E-state index contributed by atoms with van der Waals surface area (Å²) >= 11 is 5.89. The second-order valence-electron chi connectivity index (χ2n) is 7.34. The Morgan fingerprint density at radius 3 is 2.52 bits per heavy atom. The lowest BCUT2D eigenvalue weighted by Crippen LogP contribution is -2.41. The van der Waals surface area contributed by atoms with E-state index in [1.54, 1.807) is 18.2 Å². The number of hydrogen-bond donors (Lipinski definition) is 1. The molecule has 4 rings (SSSR count). The van der Waals surface area contributed by atoms with Gasteiger partial charge in [-0.3, -0.25) is 9.59 Å². The first-order valence-electron chi connectivity index (χ1n) is 9.81. The molecule has 1 N–H and O–H groups in total. The number of benzene rings is 2. The summed E-state index contributed by atoms with van der Waals surface area (Å²) in [6.45, 7) is 1.43. The van der Waals surface area contributed by atoms with Crippen molar-refractivity contribution >= 4 is 29.1 Å². The number of amides is 2. The van der Waals surface area contributed by atoms with E-state index in [1.807, 2.05) is 29.2 Å². The molecule has 0 radical (unpaired) electrons. The van der Waals surface area contributed by atoms with Gasteiger partial charge in [0.05, 0.1) is 0 Å². The number of fused-ring (bicyclic) bond motifs is 1. The van der Waals surface area contributed by atoms with Crippen LogP contribution in [0.3, 0.4) is 0 Å². The fraction of sp³-hybridized carbons (Fsp3) is 0.364. The minimum atomic E-state index is -0.0965. The van der Waals surface area contributed by atoms with Gasteiger partial charge in [-0.1, -0.05) is 23.7 Å². The van der Waals surface area contributed by atoms with Gasteiger partial charge in [-0.25, -0.2) is 0 Å². The molecule has 2 aromatic rings. The second kappa shape index (κ2) is 8.74. The van der Waals surface area contributed by atoms with Crippen LogP contribution in [0, 0.1) is 5.92 Å². The van der Waals surface area contributed by atoms with Gasteiger partial charge in [0.1, 0.15) is 0 Å². The molecule has 1 fully saturated rings. The van der Waals surface area contributed by atoms with Crippen LogP contribution < -0.4 is 14.8 Å². The molecule has 152 valence electrons. The zero-order valence-corrected chi connectivity index (χ0v) is 16.8. The van der Waals surface area contributed by atoms with Gasteiger partial charge in [-0.05, 0) is 49.1 Å². The molecule has 6 nitrogen and oxygen atoms in total. The average molecular weight is 415 g/mol. The topological polar surface area (TPSA) is 67.9 Å². The molecule has 0 atom stereocenters. The van der Waals surface area contributed by atoms with Gasteiger partial charge in [0, 0.05) is 42.2 Å². The van der Waals surface area contributed by atoms with Crippen LogP contribution in [0.15, 0.2) is 42.5 Å². The Morgan fingerprint density at radius 1 is 1.03 bits per heavy atom. The highest BCUT2D eigenvalue weighted by molar-refractivity contribution is 6.30. The zero-order valence-electron chi connectivity index (χ0n) is 16.0. The van der Waals surface area contributed by atoms with Crippen molar-refractivity contribution in [3.05, 3.63) is 53.1 Å². The predicted molar refractivity (Wildman–Crippen MR) is 110 cm³/mol. The van der Waals surface area contributed by atoms with Crippen molar-refractivity contribution in [1.82, 2.24) is 4.90 Å². The Bertz CT molecular complexity index is 892. The summed E-state index contributed by atoms with van der Waals surface area (Å²) in [5.74, 6) is 1.35. The van der Waals surface area contributed by atoms with Crippen molar-refractivity contribution in [2.75, 3.05) is 25.2 Å². The molecule has 0 unspecified atom stereocenters. The third kappa shape index (κ3) is 4.82. The van der Waals surface area contributed by atoms with Crippen molar-refractivity contribution < 1.29 is 19.1 Å². The number of ether oxygens (including phenoxy) is 2.